The van der Waals surface area contributed by atoms with Crippen molar-refractivity contribution in [2.24, 2.45) is 5.92 Å². The first-order valence-corrected chi connectivity index (χ1v) is 10.5. The number of nitrogens with zero attached hydrogens (tertiary/aromatic N) is 2. The molecule has 2 aliphatic rings. The van der Waals surface area contributed by atoms with E-state index in [2.05, 4.69) is 5.16 Å². The van der Waals surface area contributed by atoms with E-state index in [1.54, 1.807) is 11.0 Å². The standard InChI is InChI=1S/C24H22N2O6/c1-15-4-2-3-5-19(15)26-13-17(11-23(26)27)24(28)31-14-18-12-21(32-25-18)16-6-7-20-22(10-16)30-9-8-29-20/h2-7,10,12,17H,8-9,11,13-14H2,1H3. The quantitative estimate of drug-likeness (QED) is 0.568. The summed E-state index contributed by atoms with van der Waals surface area (Å²) in [7, 11) is 0. The first kappa shape index (κ1) is 20.1. The molecule has 1 fully saturated rings. The van der Waals surface area contributed by atoms with E-state index in [4.69, 9.17) is 18.7 Å². The average molecular weight is 434 g/mol. The Bertz CT molecular complexity index is 1170. The number of hydrogen-bond donors (Lipinski definition) is 0. The van der Waals surface area contributed by atoms with Crippen LogP contribution in [0.4, 0.5) is 5.69 Å². The number of aromatic nitrogens is 1. The van der Waals surface area contributed by atoms with Crippen LogP contribution in [0, 0.1) is 12.8 Å². The van der Waals surface area contributed by atoms with Gasteiger partial charge in [0.25, 0.3) is 0 Å². The van der Waals surface area contributed by atoms with Crippen molar-refractivity contribution in [1.82, 2.24) is 5.16 Å². The molecule has 8 heteroatoms. The van der Waals surface area contributed by atoms with Gasteiger partial charge in [0.15, 0.2) is 17.3 Å². The first-order chi connectivity index (χ1) is 15.6. The van der Waals surface area contributed by atoms with Gasteiger partial charge in [-0.1, -0.05) is 23.4 Å². The highest BCUT2D eigenvalue weighted by Crippen LogP contribution is 2.35. The Morgan fingerprint density at radius 1 is 1.12 bits per heavy atom. The molecule has 32 heavy (non-hydrogen) atoms. The van der Waals surface area contributed by atoms with Crippen LogP contribution in [0.3, 0.4) is 0 Å². The van der Waals surface area contributed by atoms with Crippen molar-refractivity contribution in [2.75, 3.05) is 24.7 Å². The van der Waals surface area contributed by atoms with E-state index in [0.717, 1.165) is 16.8 Å². The number of amides is 1. The van der Waals surface area contributed by atoms with Crippen LogP contribution in [0.25, 0.3) is 11.3 Å². The van der Waals surface area contributed by atoms with Gasteiger partial charge in [0.05, 0.1) is 5.92 Å². The molecule has 3 heterocycles. The lowest BCUT2D eigenvalue weighted by Crippen LogP contribution is -2.27. The maximum Gasteiger partial charge on any atom is 0.311 e. The molecule has 0 radical (unpaired) electrons. The molecule has 8 nitrogen and oxygen atoms in total. The maximum atomic E-state index is 12.6. The average Bonchev–Trinajstić information content (AvgIpc) is 3.44. The van der Waals surface area contributed by atoms with Gasteiger partial charge in [0.2, 0.25) is 5.91 Å². The van der Waals surface area contributed by atoms with Crippen molar-refractivity contribution in [1.29, 1.82) is 0 Å². The highest BCUT2D eigenvalue weighted by molar-refractivity contribution is 6.00. The summed E-state index contributed by atoms with van der Waals surface area (Å²) in [4.78, 5) is 26.7. The fourth-order valence-corrected chi connectivity index (χ4v) is 3.94. The number of rotatable bonds is 5. The fourth-order valence-electron chi connectivity index (χ4n) is 3.94. The Hall–Kier alpha value is -3.81. The second-order valence-electron chi connectivity index (χ2n) is 7.84. The van der Waals surface area contributed by atoms with Crippen molar-refractivity contribution in [3.8, 4) is 22.8 Å². The topological polar surface area (TPSA) is 91.1 Å². The molecule has 0 N–H and O–H groups in total. The van der Waals surface area contributed by atoms with Gasteiger partial charge in [-0.2, -0.15) is 0 Å². The lowest BCUT2D eigenvalue weighted by atomic mass is 10.1. The smallest absolute Gasteiger partial charge is 0.311 e. The summed E-state index contributed by atoms with van der Waals surface area (Å²) >= 11 is 0. The van der Waals surface area contributed by atoms with E-state index in [1.807, 2.05) is 49.4 Å². The van der Waals surface area contributed by atoms with Crippen LogP contribution in [-0.2, 0) is 20.9 Å². The third kappa shape index (κ3) is 3.91. The minimum Gasteiger partial charge on any atom is -0.486 e. The lowest BCUT2D eigenvalue weighted by Gasteiger charge is -2.18. The molecule has 1 atom stereocenters. The molecule has 2 aromatic carbocycles. The van der Waals surface area contributed by atoms with Crippen LogP contribution in [-0.4, -0.2) is 36.8 Å². The third-order valence-corrected chi connectivity index (χ3v) is 5.61. The molecule has 1 unspecified atom stereocenters. The summed E-state index contributed by atoms with van der Waals surface area (Å²) in [5.41, 5.74) is 3.09. The van der Waals surface area contributed by atoms with E-state index in [1.165, 1.54) is 0 Å². The van der Waals surface area contributed by atoms with Gasteiger partial charge >= 0.3 is 5.97 Å². The van der Waals surface area contributed by atoms with E-state index >= 15 is 0 Å². The molecule has 1 amide bonds. The number of fused-ring (bicyclic) bond motifs is 1. The lowest BCUT2D eigenvalue weighted by molar-refractivity contribution is -0.149. The molecule has 3 aromatic rings. The molecule has 164 valence electrons. The van der Waals surface area contributed by atoms with Crippen molar-refractivity contribution in [2.45, 2.75) is 20.0 Å². The van der Waals surface area contributed by atoms with E-state index in [-0.39, 0.29) is 18.9 Å². The Balaban J connectivity index is 1.21. The maximum absolute atomic E-state index is 12.6. The largest absolute Gasteiger partial charge is 0.486 e. The first-order valence-electron chi connectivity index (χ1n) is 10.5. The van der Waals surface area contributed by atoms with Crippen LogP contribution in [0.5, 0.6) is 11.5 Å². The molecule has 0 bridgehead atoms. The molecule has 0 aliphatic carbocycles. The van der Waals surface area contributed by atoms with E-state index in [0.29, 0.717) is 42.7 Å². The summed E-state index contributed by atoms with van der Waals surface area (Å²) < 4.78 is 22.0. The summed E-state index contributed by atoms with van der Waals surface area (Å²) in [5.74, 6) is 0.879. The summed E-state index contributed by atoms with van der Waals surface area (Å²) in [6.07, 6.45) is 0.133. The molecular formula is C24H22N2O6. The van der Waals surface area contributed by atoms with Crippen LogP contribution in [0.1, 0.15) is 17.7 Å². The minimum atomic E-state index is -0.508. The Labute approximate surface area is 184 Å². The fraction of sp³-hybridized carbons (Fsp3) is 0.292. The highest BCUT2D eigenvalue weighted by atomic mass is 16.6. The normalized spacial score (nSPS) is 17.5. The minimum absolute atomic E-state index is 0.0259. The van der Waals surface area contributed by atoms with Gasteiger partial charge in [-0.3, -0.25) is 9.59 Å². The Morgan fingerprint density at radius 3 is 2.78 bits per heavy atom. The number of anilines is 1. The second kappa shape index (κ2) is 8.37. The number of aryl methyl sites for hydroxylation is 1. The molecular weight excluding hydrogens is 412 g/mol. The number of para-hydroxylation sites is 1. The van der Waals surface area contributed by atoms with Gasteiger partial charge in [-0.25, -0.2) is 0 Å². The van der Waals surface area contributed by atoms with E-state index < -0.39 is 11.9 Å². The SMILES string of the molecule is Cc1ccccc1N1CC(C(=O)OCc2cc(-c3ccc4c(c3)OCCO4)on2)CC1=O. The molecule has 0 saturated carbocycles. The zero-order chi connectivity index (χ0) is 22.1. The van der Waals surface area contributed by atoms with Gasteiger partial charge in [-0.15, -0.1) is 0 Å². The number of esters is 1. The van der Waals surface area contributed by atoms with Crippen LogP contribution >= 0.6 is 0 Å². The van der Waals surface area contributed by atoms with Crippen LogP contribution in [0.2, 0.25) is 0 Å². The number of hydrogen-bond acceptors (Lipinski definition) is 7. The number of benzene rings is 2. The molecule has 1 saturated heterocycles. The third-order valence-electron chi connectivity index (χ3n) is 5.61. The zero-order valence-corrected chi connectivity index (χ0v) is 17.6. The number of carbonyl (C=O) groups excluding carboxylic acids is 2. The molecule has 2 aliphatic heterocycles. The summed E-state index contributed by atoms with van der Waals surface area (Å²) in [6.45, 7) is 3.25. The highest BCUT2D eigenvalue weighted by Gasteiger charge is 2.36. The number of ether oxygens (including phenoxy) is 3. The van der Waals surface area contributed by atoms with Gasteiger partial charge < -0.3 is 23.6 Å². The van der Waals surface area contributed by atoms with Crippen molar-refractivity contribution < 1.29 is 28.3 Å². The van der Waals surface area contributed by atoms with Crippen LogP contribution in [0.15, 0.2) is 53.1 Å². The van der Waals surface area contributed by atoms with Gasteiger partial charge in [-0.05, 0) is 36.8 Å². The number of carbonyl (C=O) groups is 2. The van der Waals surface area contributed by atoms with Crippen LogP contribution < -0.4 is 14.4 Å². The monoisotopic (exact) mass is 434 g/mol. The summed E-state index contributed by atoms with van der Waals surface area (Å²) in [6, 6.07) is 14.9. The van der Waals surface area contributed by atoms with Crippen molar-refractivity contribution in [3.05, 3.63) is 59.8 Å². The predicted molar refractivity (Wildman–Crippen MR) is 114 cm³/mol. The van der Waals surface area contributed by atoms with Gasteiger partial charge in [0, 0.05) is 30.3 Å². The van der Waals surface area contributed by atoms with Crippen molar-refractivity contribution in [3.63, 3.8) is 0 Å². The molecule has 0 spiro atoms. The predicted octanol–water partition coefficient (Wildman–Crippen LogP) is 3.52. The van der Waals surface area contributed by atoms with Gasteiger partial charge in [0.1, 0.15) is 25.5 Å². The zero-order valence-electron chi connectivity index (χ0n) is 17.6. The van der Waals surface area contributed by atoms with E-state index in [9.17, 15) is 9.59 Å². The summed E-state index contributed by atoms with van der Waals surface area (Å²) in [5, 5.41) is 3.99. The Kier molecular flexibility index (Phi) is 5.26. The second-order valence-corrected chi connectivity index (χ2v) is 7.84. The molecule has 1 aromatic heterocycles. The Morgan fingerprint density at radius 2 is 1.94 bits per heavy atom. The van der Waals surface area contributed by atoms with Crippen molar-refractivity contribution >= 4 is 17.6 Å². The molecule has 5 rings (SSSR count).